The first-order valence-electron chi connectivity index (χ1n) is 8.06. The highest BCUT2D eigenvalue weighted by Crippen LogP contribution is 2.19. The molecule has 2 heterocycles. The summed E-state index contributed by atoms with van der Waals surface area (Å²) in [6.07, 6.45) is 2.44. The van der Waals surface area contributed by atoms with Gasteiger partial charge < -0.3 is 14.5 Å². The number of aromatic nitrogens is 2. The van der Waals surface area contributed by atoms with E-state index in [1.54, 1.807) is 25.4 Å². The first kappa shape index (κ1) is 16.1. The molecule has 3 aromatic rings. The van der Waals surface area contributed by atoms with Gasteiger partial charge in [-0.05, 0) is 43.0 Å². The number of para-hydroxylation sites is 1. The van der Waals surface area contributed by atoms with Crippen LogP contribution in [0.25, 0.3) is 10.9 Å². The normalized spacial score (nSPS) is 10.9. The van der Waals surface area contributed by atoms with Crippen molar-refractivity contribution in [3.05, 3.63) is 70.3 Å². The Morgan fingerprint density at radius 3 is 2.79 bits per heavy atom. The van der Waals surface area contributed by atoms with E-state index in [1.165, 1.54) is 21.2 Å². The Morgan fingerprint density at radius 2 is 1.96 bits per heavy atom. The van der Waals surface area contributed by atoms with E-state index < -0.39 is 0 Å². The molecule has 1 aromatic carbocycles. The van der Waals surface area contributed by atoms with E-state index in [-0.39, 0.29) is 17.0 Å². The van der Waals surface area contributed by atoms with E-state index in [4.69, 9.17) is 0 Å². The van der Waals surface area contributed by atoms with E-state index in [1.807, 2.05) is 12.1 Å². The molecule has 0 spiro atoms. The number of nitrogens with zero attached hydrogens (tertiary/aromatic N) is 2. The summed E-state index contributed by atoms with van der Waals surface area (Å²) in [5.74, 6) is -0.315. The van der Waals surface area contributed by atoms with Gasteiger partial charge in [-0.3, -0.25) is 9.59 Å². The van der Waals surface area contributed by atoms with Gasteiger partial charge in [0.2, 0.25) is 0 Å². The summed E-state index contributed by atoms with van der Waals surface area (Å²) in [4.78, 5) is 24.0. The maximum absolute atomic E-state index is 12.1. The molecule has 0 aliphatic carbocycles. The molecule has 5 heteroatoms. The highest BCUT2D eigenvalue weighted by Gasteiger charge is 2.10. The van der Waals surface area contributed by atoms with Crippen LogP contribution in [-0.4, -0.2) is 21.6 Å². The number of amides is 1. The van der Waals surface area contributed by atoms with Gasteiger partial charge in [-0.2, -0.15) is 0 Å². The van der Waals surface area contributed by atoms with Crippen molar-refractivity contribution in [1.29, 1.82) is 0 Å². The highest BCUT2D eigenvalue weighted by molar-refractivity contribution is 5.93. The standard InChI is InChI=1S/C19H21N3O2/c1-14-13-15-7-3-4-9-17(15)22(14)12-6-10-20-18(23)16-8-5-11-21(2)19(16)24/h3-5,7-9,11,13H,6,10,12H2,1-2H3,(H,20,23). The zero-order valence-electron chi connectivity index (χ0n) is 14.0. The number of benzene rings is 1. The number of hydrogen-bond acceptors (Lipinski definition) is 2. The molecular weight excluding hydrogens is 302 g/mol. The number of nitrogens with one attached hydrogen (secondary N) is 1. The lowest BCUT2D eigenvalue weighted by atomic mass is 10.2. The number of carbonyl (C=O) groups is 1. The van der Waals surface area contributed by atoms with Gasteiger partial charge in [0.25, 0.3) is 11.5 Å². The molecule has 0 bridgehead atoms. The lowest BCUT2D eigenvalue weighted by Crippen LogP contribution is -2.32. The second-order valence-electron chi connectivity index (χ2n) is 5.94. The van der Waals surface area contributed by atoms with Crippen molar-refractivity contribution in [3.8, 4) is 0 Å². The molecule has 2 aromatic heterocycles. The Morgan fingerprint density at radius 1 is 1.17 bits per heavy atom. The molecule has 0 radical (unpaired) electrons. The molecule has 0 saturated carbocycles. The van der Waals surface area contributed by atoms with E-state index in [0.717, 1.165) is 13.0 Å². The second-order valence-corrected chi connectivity index (χ2v) is 5.94. The molecule has 3 rings (SSSR count). The predicted octanol–water partition coefficient (Wildman–Crippen LogP) is 2.47. The van der Waals surface area contributed by atoms with Crippen LogP contribution in [-0.2, 0) is 13.6 Å². The van der Waals surface area contributed by atoms with Gasteiger partial charge >= 0.3 is 0 Å². The summed E-state index contributed by atoms with van der Waals surface area (Å²) in [5.41, 5.74) is 2.32. The van der Waals surface area contributed by atoms with Crippen LogP contribution in [0.2, 0.25) is 0 Å². The summed E-state index contributed by atoms with van der Waals surface area (Å²) in [6, 6.07) is 13.7. The average molecular weight is 323 g/mol. The SMILES string of the molecule is Cc1cc2ccccc2n1CCCNC(=O)c1cccn(C)c1=O. The van der Waals surface area contributed by atoms with Crippen LogP contribution in [0.15, 0.2) is 53.5 Å². The van der Waals surface area contributed by atoms with Crippen molar-refractivity contribution >= 4 is 16.8 Å². The number of pyridine rings is 1. The largest absolute Gasteiger partial charge is 0.352 e. The predicted molar refractivity (Wildman–Crippen MR) is 95.3 cm³/mol. The third-order valence-corrected chi connectivity index (χ3v) is 4.23. The number of rotatable bonds is 5. The van der Waals surface area contributed by atoms with Crippen LogP contribution in [0.1, 0.15) is 22.5 Å². The van der Waals surface area contributed by atoms with E-state index in [0.29, 0.717) is 6.54 Å². The minimum Gasteiger partial charge on any atom is -0.352 e. The van der Waals surface area contributed by atoms with Gasteiger partial charge in [0, 0.05) is 37.5 Å². The summed E-state index contributed by atoms with van der Waals surface area (Å²) in [6.45, 7) is 3.45. The number of fused-ring (bicyclic) bond motifs is 1. The van der Waals surface area contributed by atoms with Crippen LogP contribution < -0.4 is 10.9 Å². The Hall–Kier alpha value is -2.82. The van der Waals surface area contributed by atoms with Crippen molar-refractivity contribution < 1.29 is 4.79 Å². The van der Waals surface area contributed by atoms with Crippen LogP contribution in [0.5, 0.6) is 0 Å². The molecule has 0 fully saturated rings. The van der Waals surface area contributed by atoms with Gasteiger partial charge in [-0.1, -0.05) is 18.2 Å². The Labute approximate surface area is 140 Å². The van der Waals surface area contributed by atoms with E-state index in [9.17, 15) is 9.59 Å². The van der Waals surface area contributed by atoms with Crippen LogP contribution in [0, 0.1) is 6.92 Å². The molecule has 1 amide bonds. The molecule has 5 nitrogen and oxygen atoms in total. The first-order valence-corrected chi connectivity index (χ1v) is 8.06. The quantitative estimate of drug-likeness (QED) is 0.733. The molecule has 0 saturated heterocycles. The van der Waals surface area contributed by atoms with Gasteiger partial charge in [0.1, 0.15) is 5.56 Å². The monoisotopic (exact) mass is 323 g/mol. The fourth-order valence-corrected chi connectivity index (χ4v) is 2.95. The minimum absolute atomic E-state index is 0.183. The van der Waals surface area contributed by atoms with Crippen LogP contribution in [0.3, 0.4) is 0 Å². The Bertz CT molecular complexity index is 937. The highest BCUT2D eigenvalue weighted by atomic mass is 16.2. The molecule has 0 aliphatic heterocycles. The molecule has 0 atom stereocenters. The van der Waals surface area contributed by atoms with Gasteiger partial charge in [0.15, 0.2) is 0 Å². The van der Waals surface area contributed by atoms with E-state index in [2.05, 4.69) is 35.0 Å². The molecule has 0 aliphatic rings. The van der Waals surface area contributed by atoms with Gasteiger partial charge in [-0.15, -0.1) is 0 Å². The maximum atomic E-state index is 12.1. The minimum atomic E-state index is -0.315. The van der Waals surface area contributed by atoms with E-state index >= 15 is 0 Å². The zero-order chi connectivity index (χ0) is 17.1. The fourth-order valence-electron chi connectivity index (χ4n) is 2.95. The van der Waals surface area contributed by atoms with Crippen molar-refractivity contribution in [2.75, 3.05) is 6.54 Å². The topological polar surface area (TPSA) is 56.0 Å². The number of hydrogen-bond donors (Lipinski definition) is 1. The number of carbonyl (C=O) groups excluding carboxylic acids is 1. The first-order chi connectivity index (χ1) is 11.6. The third kappa shape index (κ3) is 3.11. The summed E-state index contributed by atoms with van der Waals surface area (Å²) in [5, 5.41) is 4.06. The van der Waals surface area contributed by atoms with Gasteiger partial charge in [-0.25, -0.2) is 0 Å². The summed E-state index contributed by atoms with van der Waals surface area (Å²) >= 11 is 0. The van der Waals surface area contributed by atoms with Gasteiger partial charge in [0.05, 0.1) is 0 Å². The van der Waals surface area contributed by atoms with Crippen molar-refractivity contribution in [2.24, 2.45) is 7.05 Å². The molecule has 24 heavy (non-hydrogen) atoms. The molecule has 0 unspecified atom stereocenters. The average Bonchev–Trinajstić information content (AvgIpc) is 2.89. The van der Waals surface area contributed by atoms with Crippen LogP contribution in [0.4, 0.5) is 0 Å². The zero-order valence-corrected chi connectivity index (χ0v) is 14.0. The lowest BCUT2D eigenvalue weighted by molar-refractivity contribution is 0.0950. The second kappa shape index (κ2) is 6.74. The molecular formula is C19H21N3O2. The molecule has 124 valence electrons. The van der Waals surface area contributed by atoms with Crippen LogP contribution >= 0.6 is 0 Å². The third-order valence-electron chi connectivity index (χ3n) is 4.23. The van der Waals surface area contributed by atoms with Crippen molar-refractivity contribution in [1.82, 2.24) is 14.5 Å². The Balaban J connectivity index is 1.61. The smallest absolute Gasteiger partial charge is 0.263 e. The number of aryl methyl sites for hydroxylation is 3. The molecule has 1 N–H and O–H groups in total. The van der Waals surface area contributed by atoms with Crippen molar-refractivity contribution in [3.63, 3.8) is 0 Å². The lowest BCUT2D eigenvalue weighted by Gasteiger charge is -2.09. The summed E-state index contributed by atoms with van der Waals surface area (Å²) in [7, 11) is 1.64. The van der Waals surface area contributed by atoms with Crippen molar-refractivity contribution in [2.45, 2.75) is 19.9 Å². The summed E-state index contributed by atoms with van der Waals surface area (Å²) < 4.78 is 3.66. The fraction of sp³-hybridized carbons (Fsp3) is 0.263. The maximum Gasteiger partial charge on any atom is 0.263 e. The Kier molecular flexibility index (Phi) is 4.51.